The summed E-state index contributed by atoms with van der Waals surface area (Å²) in [5.41, 5.74) is 0.585. The van der Waals surface area contributed by atoms with E-state index in [2.05, 4.69) is 15.9 Å². The summed E-state index contributed by atoms with van der Waals surface area (Å²) >= 11 is 9.26. The number of aliphatic hydroxyl groups excluding tert-OH is 1. The van der Waals surface area contributed by atoms with Crippen LogP contribution in [0.5, 0.6) is 5.75 Å². The summed E-state index contributed by atoms with van der Waals surface area (Å²) in [5, 5.41) is 10.8. The molecule has 2 rings (SSSR count). The van der Waals surface area contributed by atoms with Gasteiger partial charge in [0.15, 0.2) is 0 Å². The van der Waals surface area contributed by atoms with E-state index in [4.69, 9.17) is 16.3 Å². The zero-order valence-electron chi connectivity index (χ0n) is 10.0. The highest BCUT2D eigenvalue weighted by Crippen LogP contribution is 2.38. The number of aliphatic hydroxyl groups is 1. The lowest BCUT2D eigenvalue weighted by atomic mass is 10.0. The van der Waals surface area contributed by atoms with Crippen molar-refractivity contribution in [2.45, 2.75) is 6.10 Å². The molecule has 1 unspecified atom stereocenters. The van der Waals surface area contributed by atoms with Crippen LogP contribution in [0.15, 0.2) is 40.9 Å². The summed E-state index contributed by atoms with van der Waals surface area (Å²) in [7, 11) is 1.48. The van der Waals surface area contributed by atoms with E-state index in [9.17, 15) is 9.50 Å². The van der Waals surface area contributed by atoms with Gasteiger partial charge in [0.25, 0.3) is 0 Å². The molecule has 19 heavy (non-hydrogen) atoms. The van der Waals surface area contributed by atoms with Crippen molar-refractivity contribution < 1.29 is 14.2 Å². The lowest BCUT2D eigenvalue weighted by molar-refractivity contribution is 0.209. The molecular formula is C14H11BrClFO2. The van der Waals surface area contributed by atoms with Crippen molar-refractivity contribution in [1.29, 1.82) is 0 Å². The highest BCUT2D eigenvalue weighted by molar-refractivity contribution is 9.10. The number of hydrogen-bond acceptors (Lipinski definition) is 2. The van der Waals surface area contributed by atoms with Crippen molar-refractivity contribution in [3.63, 3.8) is 0 Å². The molecule has 0 aliphatic carbocycles. The number of benzene rings is 2. The second-order valence-corrected chi connectivity index (χ2v) is 5.22. The molecule has 0 amide bonds. The second kappa shape index (κ2) is 5.90. The Morgan fingerprint density at radius 1 is 1.26 bits per heavy atom. The van der Waals surface area contributed by atoms with E-state index in [-0.39, 0.29) is 5.56 Å². The van der Waals surface area contributed by atoms with Gasteiger partial charge < -0.3 is 9.84 Å². The van der Waals surface area contributed by atoms with Crippen LogP contribution in [0, 0.1) is 5.82 Å². The largest absolute Gasteiger partial charge is 0.495 e. The predicted molar refractivity (Wildman–Crippen MR) is 76.2 cm³/mol. The fourth-order valence-electron chi connectivity index (χ4n) is 1.86. The number of halogens is 3. The van der Waals surface area contributed by atoms with Crippen LogP contribution >= 0.6 is 27.5 Å². The summed E-state index contributed by atoms with van der Waals surface area (Å²) in [6, 6.07) is 9.25. The fraction of sp³-hybridized carbons (Fsp3) is 0.143. The fourth-order valence-corrected chi connectivity index (χ4v) is 2.86. The van der Waals surface area contributed by atoms with Gasteiger partial charge in [-0.15, -0.1) is 0 Å². The Morgan fingerprint density at radius 2 is 1.95 bits per heavy atom. The van der Waals surface area contributed by atoms with Crippen molar-refractivity contribution in [1.82, 2.24) is 0 Å². The average molecular weight is 346 g/mol. The van der Waals surface area contributed by atoms with Crippen molar-refractivity contribution in [2.75, 3.05) is 7.11 Å². The van der Waals surface area contributed by atoms with Crippen LogP contribution in [0.1, 0.15) is 17.2 Å². The first kappa shape index (κ1) is 14.3. The zero-order chi connectivity index (χ0) is 14.0. The first-order chi connectivity index (χ1) is 9.04. The van der Waals surface area contributed by atoms with E-state index < -0.39 is 11.9 Å². The van der Waals surface area contributed by atoms with Gasteiger partial charge in [-0.2, -0.15) is 0 Å². The normalized spacial score (nSPS) is 12.3. The van der Waals surface area contributed by atoms with Gasteiger partial charge in [0.05, 0.1) is 11.6 Å². The molecular weight excluding hydrogens is 335 g/mol. The van der Waals surface area contributed by atoms with E-state index in [1.54, 1.807) is 24.3 Å². The van der Waals surface area contributed by atoms with Gasteiger partial charge in [-0.25, -0.2) is 4.39 Å². The average Bonchev–Trinajstić information content (AvgIpc) is 2.37. The Labute approximate surface area is 123 Å². The third-order valence-electron chi connectivity index (χ3n) is 2.74. The second-order valence-electron chi connectivity index (χ2n) is 3.93. The Balaban J connectivity index is 2.55. The van der Waals surface area contributed by atoms with Crippen LogP contribution < -0.4 is 4.74 Å². The SMILES string of the molecule is COc1c(Br)cc(Cl)cc1C(O)c1ccccc1F. The van der Waals surface area contributed by atoms with Crippen LogP contribution in [0.4, 0.5) is 4.39 Å². The standard InChI is InChI=1S/C14H11BrClFO2/c1-19-14-10(6-8(16)7-11(14)15)13(18)9-4-2-3-5-12(9)17/h2-7,13,18H,1H3. The minimum atomic E-state index is -1.15. The molecule has 0 bridgehead atoms. The molecule has 1 atom stereocenters. The summed E-state index contributed by atoms with van der Waals surface area (Å²) in [6.07, 6.45) is -1.15. The maximum Gasteiger partial charge on any atom is 0.139 e. The summed E-state index contributed by atoms with van der Waals surface area (Å²) in [5.74, 6) is -0.0479. The molecule has 0 radical (unpaired) electrons. The molecule has 0 fully saturated rings. The third kappa shape index (κ3) is 2.91. The lowest BCUT2D eigenvalue weighted by Gasteiger charge is -2.17. The molecule has 0 heterocycles. The minimum absolute atomic E-state index is 0.176. The number of ether oxygens (including phenoxy) is 1. The molecule has 0 aliphatic heterocycles. The quantitative estimate of drug-likeness (QED) is 0.897. The van der Waals surface area contributed by atoms with Crippen LogP contribution in [0.25, 0.3) is 0 Å². The maximum atomic E-state index is 13.7. The van der Waals surface area contributed by atoms with Crippen molar-refractivity contribution >= 4 is 27.5 Å². The molecule has 0 aromatic heterocycles. The number of rotatable bonds is 3. The van der Waals surface area contributed by atoms with E-state index in [1.807, 2.05) is 0 Å². The molecule has 0 spiro atoms. The van der Waals surface area contributed by atoms with E-state index in [1.165, 1.54) is 19.2 Å². The van der Waals surface area contributed by atoms with Crippen LogP contribution in [0.3, 0.4) is 0 Å². The molecule has 2 nitrogen and oxygen atoms in total. The summed E-state index contributed by atoms with van der Waals surface area (Å²) in [6.45, 7) is 0. The monoisotopic (exact) mass is 344 g/mol. The highest BCUT2D eigenvalue weighted by atomic mass is 79.9. The summed E-state index contributed by atoms with van der Waals surface area (Å²) < 4.78 is 19.5. The topological polar surface area (TPSA) is 29.5 Å². The van der Waals surface area contributed by atoms with E-state index in [0.717, 1.165) is 0 Å². The minimum Gasteiger partial charge on any atom is -0.495 e. The van der Waals surface area contributed by atoms with E-state index in [0.29, 0.717) is 20.8 Å². The molecule has 0 saturated heterocycles. The first-order valence-electron chi connectivity index (χ1n) is 5.50. The number of hydrogen-bond donors (Lipinski definition) is 1. The predicted octanol–water partition coefficient (Wildman–Crippen LogP) is 4.33. The zero-order valence-corrected chi connectivity index (χ0v) is 12.4. The molecule has 0 saturated carbocycles. The van der Waals surface area contributed by atoms with Gasteiger partial charge >= 0.3 is 0 Å². The smallest absolute Gasteiger partial charge is 0.139 e. The maximum absolute atomic E-state index is 13.7. The van der Waals surface area contributed by atoms with Gasteiger partial charge in [-0.05, 0) is 34.1 Å². The van der Waals surface area contributed by atoms with Gasteiger partial charge in [-0.1, -0.05) is 29.8 Å². The van der Waals surface area contributed by atoms with Gasteiger partial charge in [0.2, 0.25) is 0 Å². The van der Waals surface area contributed by atoms with Crippen molar-refractivity contribution in [3.05, 3.63) is 62.8 Å². The van der Waals surface area contributed by atoms with Crippen LogP contribution in [0.2, 0.25) is 5.02 Å². The van der Waals surface area contributed by atoms with E-state index >= 15 is 0 Å². The third-order valence-corrected chi connectivity index (χ3v) is 3.54. The lowest BCUT2D eigenvalue weighted by Crippen LogP contribution is -2.05. The summed E-state index contributed by atoms with van der Waals surface area (Å²) in [4.78, 5) is 0. The van der Waals surface area contributed by atoms with Crippen molar-refractivity contribution in [2.24, 2.45) is 0 Å². The van der Waals surface area contributed by atoms with Crippen LogP contribution in [-0.4, -0.2) is 12.2 Å². The Hall–Kier alpha value is -1.10. The Bertz CT molecular complexity index is 604. The molecule has 100 valence electrons. The first-order valence-corrected chi connectivity index (χ1v) is 6.67. The van der Waals surface area contributed by atoms with Crippen molar-refractivity contribution in [3.8, 4) is 5.75 Å². The Morgan fingerprint density at radius 3 is 2.58 bits per heavy atom. The molecule has 2 aromatic carbocycles. The van der Waals surface area contributed by atoms with Gasteiger partial charge in [-0.3, -0.25) is 0 Å². The molecule has 0 aliphatic rings. The highest BCUT2D eigenvalue weighted by Gasteiger charge is 2.21. The molecule has 2 aromatic rings. The van der Waals surface area contributed by atoms with Gasteiger partial charge in [0.1, 0.15) is 17.7 Å². The number of methoxy groups -OCH3 is 1. The molecule has 5 heteroatoms. The van der Waals surface area contributed by atoms with Gasteiger partial charge in [0, 0.05) is 16.1 Å². The van der Waals surface area contributed by atoms with Crippen LogP contribution in [-0.2, 0) is 0 Å². The molecule has 1 N–H and O–H groups in total. The Kier molecular flexibility index (Phi) is 4.45.